The van der Waals surface area contributed by atoms with E-state index in [0.29, 0.717) is 13.1 Å². The molecule has 0 aliphatic carbocycles. The standard InChI is InChI=1S/C15H20N4O4S2/c1-3-19(4-2)25(22,23)14-10-11-15(16-12-14)17-18-24(20,21)13-8-6-5-7-9-13/h5-12,18H,3-4H2,1-2H3,(H,16,17). The van der Waals surface area contributed by atoms with E-state index in [0.717, 1.165) is 0 Å². The first-order valence-electron chi connectivity index (χ1n) is 7.60. The summed E-state index contributed by atoms with van der Waals surface area (Å²) in [6.45, 7) is 4.22. The van der Waals surface area contributed by atoms with Gasteiger partial charge in [-0.1, -0.05) is 32.0 Å². The first kappa shape index (κ1) is 19.3. The molecule has 0 aliphatic rings. The molecule has 0 aliphatic heterocycles. The molecule has 0 atom stereocenters. The van der Waals surface area contributed by atoms with Gasteiger partial charge in [-0.25, -0.2) is 21.8 Å². The minimum atomic E-state index is -3.75. The van der Waals surface area contributed by atoms with E-state index >= 15 is 0 Å². The maximum atomic E-state index is 12.4. The number of benzene rings is 1. The smallest absolute Gasteiger partial charge is 0.257 e. The number of sulfonamides is 2. The Labute approximate surface area is 148 Å². The zero-order valence-corrected chi connectivity index (χ0v) is 15.5. The molecule has 0 saturated heterocycles. The van der Waals surface area contributed by atoms with Gasteiger partial charge in [0.15, 0.2) is 0 Å². The Balaban J connectivity index is 2.11. The Morgan fingerprint density at radius 1 is 0.920 bits per heavy atom. The van der Waals surface area contributed by atoms with Crippen LogP contribution in [0, 0.1) is 0 Å². The lowest BCUT2D eigenvalue weighted by Gasteiger charge is -2.18. The van der Waals surface area contributed by atoms with Crippen LogP contribution < -0.4 is 10.3 Å². The van der Waals surface area contributed by atoms with Crippen molar-refractivity contribution in [3.8, 4) is 0 Å². The van der Waals surface area contributed by atoms with Crippen LogP contribution in [0.2, 0.25) is 0 Å². The highest BCUT2D eigenvalue weighted by atomic mass is 32.2. The third-order valence-electron chi connectivity index (χ3n) is 3.45. The van der Waals surface area contributed by atoms with Gasteiger partial charge in [0.1, 0.15) is 10.7 Å². The van der Waals surface area contributed by atoms with Crippen LogP contribution in [0.5, 0.6) is 0 Å². The zero-order chi connectivity index (χ0) is 18.5. The second-order valence-corrected chi connectivity index (χ2v) is 8.63. The van der Waals surface area contributed by atoms with E-state index in [4.69, 9.17) is 0 Å². The molecular formula is C15H20N4O4S2. The van der Waals surface area contributed by atoms with Crippen molar-refractivity contribution in [2.75, 3.05) is 18.5 Å². The fourth-order valence-electron chi connectivity index (χ4n) is 2.10. The molecule has 0 spiro atoms. The van der Waals surface area contributed by atoms with Crippen molar-refractivity contribution in [1.29, 1.82) is 0 Å². The Morgan fingerprint density at radius 3 is 2.08 bits per heavy atom. The number of hydrogen-bond acceptors (Lipinski definition) is 6. The van der Waals surface area contributed by atoms with E-state index in [1.807, 2.05) is 0 Å². The molecule has 1 aromatic heterocycles. The van der Waals surface area contributed by atoms with Crippen molar-refractivity contribution >= 4 is 25.9 Å². The van der Waals surface area contributed by atoms with E-state index in [2.05, 4.69) is 15.2 Å². The molecule has 0 amide bonds. The molecule has 0 bridgehead atoms. The molecule has 2 rings (SSSR count). The first-order chi connectivity index (χ1) is 11.8. The lowest BCUT2D eigenvalue weighted by molar-refractivity contribution is 0.445. The minimum Gasteiger partial charge on any atom is -0.292 e. The molecule has 1 aromatic carbocycles. The number of anilines is 1. The first-order valence-corrected chi connectivity index (χ1v) is 10.5. The van der Waals surface area contributed by atoms with Crippen LogP contribution in [0.3, 0.4) is 0 Å². The number of pyridine rings is 1. The summed E-state index contributed by atoms with van der Waals surface area (Å²) in [6.07, 6.45) is 1.19. The molecule has 0 unspecified atom stereocenters. The predicted molar refractivity (Wildman–Crippen MR) is 94.7 cm³/mol. The molecule has 1 heterocycles. The van der Waals surface area contributed by atoms with Crippen molar-refractivity contribution in [2.24, 2.45) is 0 Å². The summed E-state index contributed by atoms with van der Waals surface area (Å²) >= 11 is 0. The van der Waals surface area contributed by atoms with Gasteiger partial charge >= 0.3 is 0 Å². The average Bonchev–Trinajstić information content (AvgIpc) is 2.62. The van der Waals surface area contributed by atoms with Crippen LogP contribution in [0.15, 0.2) is 58.5 Å². The molecule has 8 nitrogen and oxygen atoms in total. The van der Waals surface area contributed by atoms with Crippen molar-refractivity contribution in [3.05, 3.63) is 48.7 Å². The average molecular weight is 384 g/mol. The van der Waals surface area contributed by atoms with Gasteiger partial charge in [-0.15, -0.1) is 4.83 Å². The molecule has 0 fully saturated rings. The Morgan fingerprint density at radius 2 is 1.56 bits per heavy atom. The summed E-state index contributed by atoms with van der Waals surface area (Å²) in [7, 11) is -7.35. The van der Waals surface area contributed by atoms with Gasteiger partial charge in [0, 0.05) is 19.3 Å². The predicted octanol–water partition coefficient (Wildman–Crippen LogP) is 1.42. The summed E-state index contributed by atoms with van der Waals surface area (Å²) in [5, 5.41) is 0. The van der Waals surface area contributed by atoms with Crippen LogP contribution in [0.1, 0.15) is 13.8 Å². The van der Waals surface area contributed by atoms with Gasteiger partial charge < -0.3 is 0 Å². The second kappa shape index (κ2) is 7.91. The molecule has 0 saturated carbocycles. The van der Waals surface area contributed by atoms with E-state index in [1.165, 1.54) is 34.8 Å². The SMILES string of the molecule is CCN(CC)S(=O)(=O)c1ccc(NNS(=O)(=O)c2ccccc2)nc1. The fourth-order valence-corrected chi connectivity index (χ4v) is 4.37. The van der Waals surface area contributed by atoms with Crippen LogP contribution in [0.4, 0.5) is 5.82 Å². The molecule has 10 heteroatoms. The maximum Gasteiger partial charge on any atom is 0.257 e. The van der Waals surface area contributed by atoms with Crippen molar-refractivity contribution < 1.29 is 16.8 Å². The summed E-state index contributed by atoms with van der Waals surface area (Å²) in [4.78, 5) is 6.29. The Kier molecular flexibility index (Phi) is 6.11. The van der Waals surface area contributed by atoms with Gasteiger partial charge in [0.25, 0.3) is 10.0 Å². The number of nitrogens with zero attached hydrogens (tertiary/aromatic N) is 2. The molecule has 25 heavy (non-hydrogen) atoms. The monoisotopic (exact) mass is 384 g/mol. The minimum absolute atomic E-state index is 0.0488. The fraction of sp³-hybridized carbons (Fsp3) is 0.267. The van der Waals surface area contributed by atoms with Crippen molar-refractivity contribution in [1.82, 2.24) is 14.1 Å². The summed E-state index contributed by atoms with van der Waals surface area (Å²) in [6, 6.07) is 10.6. The quantitative estimate of drug-likeness (QED) is 0.666. The van der Waals surface area contributed by atoms with E-state index in [9.17, 15) is 16.8 Å². The maximum absolute atomic E-state index is 12.4. The van der Waals surface area contributed by atoms with Crippen LogP contribution in [0.25, 0.3) is 0 Å². The van der Waals surface area contributed by atoms with E-state index < -0.39 is 20.0 Å². The topological polar surface area (TPSA) is 108 Å². The summed E-state index contributed by atoms with van der Waals surface area (Å²) < 4.78 is 50.2. The molecular weight excluding hydrogens is 364 g/mol. The van der Waals surface area contributed by atoms with Crippen LogP contribution in [-0.2, 0) is 20.0 Å². The normalized spacial score (nSPS) is 12.3. The number of aromatic nitrogens is 1. The van der Waals surface area contributed by atoms with Crippen molar-refractivity contribution in [3.63, 3.8) is 0 Å². The highest BCUT2D eigenvalue weighted by Gasteiger charge is 2.22. The van der Waals surface area contributed by atoms with E-state index in [-0.39, 0.29) is 15.6 Å². The van der Waals surface area contributed by atoms with Gasteiger partial charge in [-0.2, -0.15) is 4.31 Å². The molecule has 2 N–H and O–H groups in total. The zero-order valence-electron chi connectivity index (χ0n) is 13.9. The third-order valence-corrected chi connectivity index (χ3v) is 6.74. The number of hydrogen-bond donors (Lipinski definition) is 2. The third kappa shape index (κ3) is 4.54. The Hall–Kier alpha value is -2.01. The summed E-state index contributed by atoms with van der Waals surface area (Å²) in [5.41, 5.74) is 2.46. The van der Waals surface area contributed by atoms with Crippen LogP contribution in [-0.4, -0.2) is 39.2 Å². The molecule has 0 radical (unpaired) electrons. The lowest BCUT2D eigenvalue weighted by Crippen LogP contribution is -2.31. The van der Waals surface area contributed by atoms with Crippen molar-refractivity contribution in [2.45, 2.75) is 23.6 Å². The molecule has 136 valence electrons. The largest absolute Gasteiger partial charge is 0.292 e. The second-order valence-electron chi connectivity index (χ2n) is 5.01. The number of hydrazine groups is 1. The number of rotatable bonds is 8. The van der Waals surface area contributed by atoms with Gasteiger partial charge in [-0.3, -0.25) is 5.43 Å². The van der Waals surface area contributed by atoms with Gasteiger partial charge in [-0.05, 0) is 24.3 Å². The van der Waals surface area contributed by atoms with Gasteiger partial charge in [0.2, 0.25) is 10.0 Å². The Bertz CT molecular complexity index is 894. The number of nitrogens with one attached hydrogen (secondary N) is 2. The highest BCUT2D eigenvalue weighted by Crippen LogP contribution is 2.16. The van der Waals surface area contributed by atoms with Crippen LogP contribution >= 0.6 is 0 Å². The van der Waals surface area contributed by atoms with E-state index in [1.54, 1.807) is 32.0 Å². The lowest BCUT2D eigenvalue weighted by atomic mass is 10.4. The highest BCUT2D eigenvalue weighted by molar-refractivity contribution is 7.89. The molecule has 2 aromatic rings. The van der Waals surface area contributed by atoms with Gasteiger partial charge in [0.05, 0.1) is 4.90 Å². The summed E-state index contributed by atoms with van der Waals surface area (Å²) in [5.74, 6) is 0.179.